The van der Waals surface area contributed by atoms with Crippen molar-refractivity contribution in [3.05, 3.63) is 33.2 Å². The highest BCUT2D eigenvalue weighted by molar-refractivity contribution is 5.30. The van der Waals surface area contributed by atoms with Gasteiger partial charge in [-0.2, -0.15) is 0 Å². The monoisotopic (exact) mass is 291 g/mol. The third kappa shape index (κ3) is 2.91. The molecule has 2 atom stereocenters. The van der Waals surface area contributed by atoms with Crippen LogP contribution in [-0.2, 0) is 24.2 Å². The van der Waals surface area contributed by atoms with Crippen LogP contribution in [0.1, 0.15) is 42.6 Å². The lowest BCUT2D eigenvalue weighted by molar-refractivity contribution is 0.0947. The van der Waals surface area contributed by atoms with E-state index in [-0.39, 0.29) is 17.7 Å². The van der Waals surface area contributed by atoms with Crippen LogP contribution in [0.15, 0.2) is 10.9 Å². The molecule has 116 valence electrons. The smallest absolute Gasteiger partial charge is 0.255 e. The lowest BCUT2D eigenvalue weighted by atomic mass is 10.00. The molecule has 0 aliphatic carbocycles. The fourth-order valence-electron chi connectivity index (χ4n) is 3.39. The van der Waals surface area contributed by atoms with E-state index in [4.69, 9.17) is 10.5 Å². The Morgan fingerprint density at radius 2 is 2.33 bits per heavy atom. The van der Waals surface area contributed by atoms with Crippen molar-refractivity contribution in [3.8, 4) is 0 Å². The molecule has 0 radical (unpaired) electrons. The zero-order valence-corrected chi connectivity index (χ0v) is 13.0. The van der Waals surface area contributed by atoms with E-state index in [0.717, 1.165) is 44.5 Å². The van der Waals surface area contributed by atoms with Crippen LogP contribution in [0.5, 0.6) is 0 Å². The average molecular weight is 291 g/mol. The van der Waals surface area contributed by atoms with Crippen molar-refractivity contribution in [2.45, 2.75) is 51.4 Å². The molecular weight excluding hydrogens is 266 g/mol. The molecule has 0 aromatic carbocycles. The van der Waals surface area contributed by atoms with Gasteiger partial charge in [-0.3, -0.25) is 4.79 Å². The largest absolute Gasteiger partial charge is 0.376 e. The summed E-state index contributed by atoms with van der Waals surface area (Å²) in [6.45, 7) is 5.26. The van der Waals surface area contributed by atoms with Crippen LogP contribution in [0.2, 0.25) is 0 Å². The van der Waals surface area contributed by atoms with Gasteiger partial charge in [-0.25, -0.2) is 0 Å². The minimum atomic E-state index is -0.231. The first-order chi connectivity index (χ1) is 10.1. The Balaban J connectivity index is 2.04. The summed E-state index contributed by atoms with van der Waals surface area (Å²) in [4.78, 5) is 15.1. The Hall–Kier alpha value is -1.17. The summed E-state index contributed by atoms with van der Waals surface area (Å²) in [5.74, 6) is 0. The number of nitrogens with zero attached hydrogens (tertiary/aromatic N) is 2. The maximum Gasteiger partial charge on any atom is 0.255 e. The molecule has 3 heterocycles. The second kappa shape index (κ2) is 5.91. The first-order valence-corrected chi connectivity index (χ1v) is 7.87. The van der Waals surface area contributed by atoms with Crippen molar-refractivity contribution < 1.29 is 4.74 Å². The van der Waals surface area contributed by atoms with E-state index in [2.05, 4.69) is 11.9 Å². The summed E-state index contributed by atoms with van der Waals surface area (Å²) in [5, 5.41) is 0. The molecular formula is C16H25N3O2. The summed E-state index contributed by atoms with van der Waals surface area (Å²) in [6, 6.07) is 1.79. The van der Waals surface area contributed by atoms with Crippen LogP contribution in [0, 0.1) is 0 Å². The number of ether oxygens (including phenoxy) is 1. The van der Waals surface area contributed by atoms with Gasteiger partial charge in [0.2, 0.25) is 0 Å². The van der Waals surface area contributed by atoms with Gasteiger partial charge in [0.15, 0.2) is 0 Å². The van der Waals surface area contributed by atoms with Gasteiger partial charge < -0.3 is 19.9 Å². The number of hydrogen-bond acceptors (Lipinski definition) is 4. The summed E-state index contributed by atoms with van der Waals surface area (Å²) >= 11 is 0. The summed E-state index contributed by atoms with van der Waals surface area (Å²) < 4.78 is 7.66. The lowest BCUT2D eigenvalue weighted by Crippen LogP contribution is -2.38. The number of pyridine rings is 1. The molecule has 3 rings (SSSR count). The van der Waals surface area contributed by atoms with E-state index in [1.165, 1.54) is 11.3 Å². The van der Waals surface area contributed by atoms with Gasteiger partial charge in [-0.1, -0.05) is 0 Å². The SMILES string of the molecule is CC(N)c1cc2c(n(CC3CCCO3)c1=O)CCN(C)C2. The molecule has 0 saturated carbocycles. The third-order valence-electron chi connectivity index (χ3n) is 4.59. The topological polar surface area (TPSA) is 60.5 Å². The molecule has 0 amide bonds. The van der Waals surface area contributed by atoms with Crippen molar-refractivity contribution in [1.82, 2.24) is 9.47 Å². The van der Waals surface area contributed by atoms with Gasteiger partial charge in [0.1, 0.15) is 0 Å². The Morgan fingerprint density at radius 3 is 3.00 bits per heavy atom. The Labute approximate surface area is 125 Å². The van der Waals surface area contributed by atoms with Crippen LogP contribution in [0.4, 0.5) is 0 Å². The highest BCUT2D eigenvalue weighted by atomic mass is 16.5. The Bertz CT molecular complexity index is 574. The molecule has 0 bridgehead atoms. The first-order valence-electron chi connectivity index (χ1n) is 7.87. The molecule has 1 fully saturated rings. The van der Waals surface area contributed by atoms with E-state index < -0.39 is 0 Å². The molecule has 2 aliphatic heterocycles. The molecule has 2 unspecified atom stereocenters. The lowest BCUT2D eigenvalue weighted by Gasteiger charge is -2.29. The van der Waals surface area contributed by atoms with Crippen molar-refractivity contribution in [1.29, 1.82) is 0 Å². The Morgan fingerprint density at radius 1 is 1.52 bits per heavy atom. The van der Waals surface area contributed by atoms with E-state index in [1.807, 2.05) is 17.6 Å². The fourth-order valence-corrected chi connectivity index (χ4v) is 3.39. The number of hydrogen-bond donors (Lipinski definition) is 1. The molecule has 2 aliphatic rings. The maximum atomic E-state index is 12.8. The summed E-state index contributed by atoms with van der Waals surface area (Å²) in [5.41, 5.74) is 9.22. The van der Waals surface area contributed by atoms with Crippen LogP contribution >= 0.6 is 0 Å². The first kappa shape index (κ1) is 14.8. The Kier molecular flexibility index (Phi) is 4.15. The van der Waals surface area contributed by atoms with Crippen molar-refractivity contribution in [2.24, 2.45) is 5.73 Å². The van der Waals surface area contributed by atoms with E-state index >= 15 is 0 Å². The molecule has 0 spiro atoms. The van der Waals surface area contributed by atoms with Crippen molar-refractivity contribution in [2.75, 3.05) is 20.2 Å². The molecule has 1 aromatic heterocycles. The highest BCUT2D eigenvalue weighted by Crippen LogP contribution is 2.22. The predicted molar refractivity (Wildman–Crippen MR) is 82.3 cm³/mol. The average Bonchev–Trinajstić information content (AvgIpc) is 2.94. The van der Waals surface area contributed by atoms with E-state index in [0.29, 0.717) is 6.54 Å². The van der Waals surface area contributed by atoms with Crippen LogP contribution < -0.4 is 11.3 Å². The zero-order valence-electron chi connectivity index (χ0n) is 13.0. The van der Waals surface area contributed by atoms with Gasteiger partial charge in [0.05, 0.1) is 12.6 Å². The quantitative estimate of drug-likeness (QED) is 0.904. The van der Waals surface area contributed by atoms with Gasteiger partial charge in [-0.05, 0) is 38.4 Å². The molecule has 1 saturated heterocycles. The van der Waals surface area contributed by atoms with E-state index in [9.17, 15) is 4.79 Å². The van der Waals surface area contributed by atoms with Crippen molar-refractivity contribution >= 4 is 0 Å². The van der Waals surface area contributed by atoms with Gasteiger partial charge >= 0.3 is 0 Å². The fraction of sp³-hybridized carbons (Fsp3) is 0.688. The normalized spacial score (nSPS) is 24.0. The minimum Gasteiger partial charge on any atom is -0.376 e. The summed E-state index contributed by atoms with van der Waals surface area (Å²) in [7, 11) is 2.12. The number of fused-ring (bicyclic) bond motifs is 1. The number of aromatic nitrogens is 1. The van der Waals surface area contributed by atoms with Crippen molar-refractivity contribution in [3.63, 3.8) is 0 Å². The second-order valence-electron chi connectivity index (χ2n) is 6.40. The second-order valence-corrected chi connectivity index (χ2v) is 6.40. The standard InChI is InChI=1S/C16H25N3O2/c1-11(17)14-8-12-9-18(2)6-5-15(12)19(16(14)20)10-13-4-3-7-21-13/h8,11,13H,3-7,9-10,17H2,1-2H3. The minimum absolute atomic E-state index is 0.0730. The maximum absolute atomic E-state index is 12.8. The van der Waals surface area contributed by atoms with E-state index in [1.54, 1.807) is 0 Å². The number of nitrogens with two attached hydrogens (primary N) is 1. The van der Waals surface area contributed by atoms with Gasteiger partial charge in [0.25, 0.3) is 5.56 Å². The molecule has 2 N–H and O–H groups in total. The number of likely N-dealkylation sites (N-methyl/N-ethyl adjacent to an activating group) is 1. The zero-order chi connectivity index (χ0) is 15.0. The van der Waals surface area contributed by atoms with Crippen LogP contribution in [0.3, 0.4) is 0 Å². The molecule has 1 aromatic rings. The molecule has 21 heavy (non-hydrogen) atoms. The van der Waals surface area contributed by atoms with Crippen LogP contribution in [0.25, 0.3) is 0 Å². The number of rotatable bonds is 3. The van der Waals surface area contributed by atoms with Gasteiger partial charge in [-0.15, -0.1) is 0 Å². The molecule has 5 heteroatoms. The third-order valence-corrected chi connectivity index (χ3v) is 4.59. The predicted octanol–water partition coefficient (Wildman–Crippen LogP) is 1.03. The summed E-state index contributed by atoms with van der Waals surface area (Å²) in [6.07, 6.45) is 3.24. The van der Waals surface area contributed by atoms with Crippen LogP contribution in [-0.4, -0.2) is 35.8 Å². The molecule has 5 nitrogen and oxygen atoms in total. The highest BCUT2D eigenvalue weighted by Gasteiger charge is 2.24. The van der Waals surface area contributed by atoms with Gasteiger partial charge in [0, 0.05) is 43.4 Å².